The van der Waals surface area contributed by atoms with E-state index in [4.69, 9.17) is 21.2 Å². The van der Waals surface area contributed by atoms with E-state index in [9.17, 15) is 16.4 Å². The molecule has 0 radical (unpaired) electrons. The Kier molecular flexibility index (Phi) is 9.77. The lowest BCUT2D eigenvalue weighted by atomic mass is 9.33. The molecule has 8 heteroatoms. The molecule has 5 aromatic heterocycles. The molecule has 526 valence electrons. The van der Waals surface area contributed by atoms with Crippen molar-refractivity contribution in [2.45, 2.75) is 78.6 Å². The molecule has 0 spiro atoms. The minimum atomic E-state index is -0.940. The molecule has 0 unspecified atom stereocenters. The van der Waals surface area contributed by atoms with Crippen molar-refractivity contribution in [3.63, 3.8) is 0 Å². The highest BCUT2D eigenvalue weighted by molar-refractivity contribution is 7.00. The van der Waals surface area contributed by atoms with E-state index in [0.717, 1.165) is 60.5 Å². The number of rotatable bonds is 7. The molecule has 22 rings (SSSR count). The number of aromatic nitrogens is 3. The second-order valence-electron chi connectivity index (χ2n) is 32.1. The summed E-state index contributed by atoms with van der Waals surface area (Å²) in [5.74, 6) is 0. The van der Waals surface area contributed by atoms with Crippen molar-refractivity contribution >= 4 is 167 Å². The molecule has 0 bridgehead atoms. The van der Waals surface area contributed by atoms with Crippen LogP contribution in [0.25, 0.3) is 149 Å². The Bertz CT molecular complexity index is 8420. The molecule has 0 saturated heterocycles. The summed E-state index contributed by atoms with van der Waals surface area (Å²) < 4.78 is 217. The summed E-state index contributed by atoms with van der Waals surface area (Å²) in [4.78, 5) is 4.19. The van der Waals surface area contributed by atoms with Crippen LogP contribution in [-0.2, 0) is 16.2 Å². The molecule has 0 amide bonds. The topological polar surface area (TPSA) is 47.6 Å². The van der Waals surface area contributed by atoms with Crippen LogP contribution in [0.5, 0.6) is 0 Å². The standard InChI is InChI=1S/C102H78BN5O2/c1-100(2,3)65-29-21-28-62(54-65)64-56-93-95-94(57-64)108(91-45-25-37-76-74-35-23-43-89(97(74)110-99(76)91)106-85-52-47-66(101(4,5)6)58-77(85)78-59-67(102(7,8)9)48-53-86(78)106)92-60-68(104-81-38-17-13-30-69(81)70-31-14-18-39-82(70)104)49-50-79(92)103(95)80-55-63(61-26-11-10-12-27-61)46-51-87(80)107(93)90-44-24-36-75-73-34-22-42-88(96(73)109-98(75)90)105-83-40-19-15-32-71(83)72-33-16-20-41-84(72)105/h10-60H,1-9H3/i10D,11D,12D,13D,14D,15D,16D,17D,18D,19D,20D,26D,27D,30D,31D,32D,33D,38D,39D,40D,41D. The second-order valence-corrected chi connectivity index (χ2v) is 32.1. The Morgan fingerprint density at radius 3 is 1.18 bits per heavy atom. The van der Waals surface area contributed by atoms with Gasteiger partial charge in [0.1, 0.15) is 0 Å². The molecule has 7 heterocycles. The molecule has 0 saturated carbocycles. The number of furan rings is 2. The minimum absolute atomic E-state index is 0.0909. The first kappa shape index (κ1) is 46.2. The minimum Gasteiger partial charge on any atom is -0.452 e. The van der Waals surface area contributed by atoms with Crippen molar-refractivity contribution in [2.24, 2.45) is 0 Å². The first-order valence-electron chi connectivity index (χ1n) is 47.4. The molecule has 0 aliphatic carbocycles. The normalized spacial score (nSPS) is 15.9. The molecule has 2 aliphatic rings. The van der Waals surface area contributed by atoms with Crippen molar-refractivity contribution in [3.05, 3.63) is 326 Å². The van der Waals surface area contributed by atoms with Crippen molar-refractivity contribution in [1.29, 1.82) is 0 Å². The molecule has 15 aromatic carbocycles. The molecule has 2 aliphatic heterocycles. The Morgan fingerprint density at radius 2 is 0.682 bits per heavy atom. The second kappa shape index (κ2) is 23.2. The van der Waals surface area contributed by atoms with E-state index in [1.165, 1.54) is 9.13 Å². The maximum absolute atomic E-state index is 9.87. The molecule has 7 nitrogen and oxygen atoms in total. The highest BCUT2D eigenvalue weighted by Gasteiger charge is 2.46. The quantitative estimate of drug-likeness (QED) is 0.149. The lowest BCUT2D eigenvalue weighted by molar-refractivity contribution is 0.590. The largest absolute Gasteiger partial charge is 0.452 e. The summed E-state index contributed by atoms with van der Waals surface area (Å²) in [5, 5.41) is 4.17. The summed E-state index contributed by atoms with van der Waals surface area (Å²) in [7, 11) is 0. The Labute approximate surface area is 668 Å². The number of hydrogen-bond acceptors (Lipinski definition) is 4. The van der Waals surface area contributed by atoms with Gasteiger partial charge in [-0.1, -0.05) is 268 Å². The summed E-state index contributed by atoms with van der Waals surface area (Å²) >= 11 is 0. The van der Waals surface area contributed by atoms with Crippen molar-refractivity contribution in [1.82, 2.24) is 13.7 Å². The van der Waals surface area contributed by atoms with Crippen molar-refractivity contribution < 1.29 is 37.6 Å². The summed E-state index contributed by atoms with van der Waals surface area (Å²) in [6.45, 7) is 18.7. The van der Waals surface area contributed by atoms with Gasteiger partial charge in [0.15, 0.2) is 22.3 Å². The number of fused-ring (bicyclic) bond motifs is 19. The van der Waals surface area contributed by atoms with Crippen LogP contribution in [-0.4, -0.2) is 20.4 Å². The van der Waals surface area contributed by atoms with Crippen LogP contribution < -0.4 is 26.2 Å². The molecule has 110 heavy (non-hydrogen) atoms. The van der Waals surface area contributed by atoms with E-state index < -0.39 is 134 Å². The Balaban J connectivity index is 0.891. The first-order chi connectivity index (χ1) is 62.2. The number of nitrogens with zero attached hydrogens (tertiary/aromatic N) is 5. The number of hydrogen-bond donors (Lipinski definition) is 0. The number of benzene rings is 15. The van der Waals surface area contributed by atoms with Crippen LogP contribution in [0.15, 0.2) is 318 Å². The Hall–Kier alpha value is -13.0. The van der Waals surface area contributed by atoms with Gasteiger partial charge < -0.3 is 32.3 Å². The van der Waals surface area contributed by atoms with Gasteiger partial charge in [-0.05, 0) is 175 Å². The fraction of sp³-hybridized carbons (Fsp3) is 0.118. The van der Waals surface area contributed by atoms with Crippen LogP contribution in [0.4, 0.5) is 34.1 Å². The third-order valence-electron chi connectivity index (χ3n) is 22.7. The maximum atomic E-state index is 9.87. The van der Waals surface area contributed by atoms with Crippen LogP contribution in [0.2, 0.25) is 0 Å². The zero-order valence-electron chi connectivity index (χ0n) is 82.5. The summed E-state index contributed by atoms with van der Waals surface area (Å²) in [5.41, 5.74) is 13.0. The van der Waals surface area contributed by atoms with Gasteiger partial charge in [-0.25, -0.2) is 0 Å². The van der Waals surface area contributed by atoms with E-state index in [0.29, 0.717) is 78.0 Å². The number of anilines is 6. The van der Waals surface area contributed by atoms with Gasteiger partial charge in [-0.3, -0.25) is 0 Å². The molecule has 0 atom stereocenters. The zero-order chi connectivity index (χ0) is 92.2. The van der Waals surface area contributed by atoms with Crippen molar-refractivity contribution in [3.8, 4) is 39.3 Å². The lowest BCUT2D eigenvalue weighted by Crippen LogP contribution is -2.61. The average molecular weight is 1440 g/mol. The Morgan fingerprint density at radius 1 is 0.264 bits per heavy atom. The third kappa shape index (κ3) is 9.38. The fourth-order valence-electron chi connectivity index (χ4n) is 17.4. The van der Waals surface area contributed by atoms with Crippen LogP contribution >= 0.6 is 0 Å². The van der Waals surface area contributed by atoms with E-state index in [1.54, 1.807) is 24.3 Å². The fourth-order valence-corrected chi connectivity index (χ4v) is 17.4. The predicted octanol–water partition coefficient (Wildman–Crippen LogP) is 26.1. The first-order valence-corrected chi connectivity index (χ1v) is 36.9. The van der Waals surface area contributed by atoms with E-state index in [2.05, 4.69) is 143 Å². The molecule has 0 fully saturated rings. The highest BCUT2D eigenvalue weighted by Crippen LogP contribution is 2.53. The maximum Gasteiger partial charge on any atom is 0.252 e. The van der Waals surface area contributed by atoms with Gasteiger partial charge in [-0.2, -0.15) is 0 Å². The van der Waals surface area contributed by atoms with Crippen molar-refractivity contribution in [2.75, 3.05) is 9.80 Å². The monoisotopic (exact) mass is 1440 g/mol. The molecular weight excluding hydrogens is 1340 g/mol. The van der Waals surface area contributed by atoms with Crippen LogP contribution in [0.1, 0.15) is 108 Å². The van der Waals surface area contributed by atoms with Gasteiger partial charge >= 0.3 is 0 Å². The van der Waals surface area contributed by atoms with Gasteiger partial charge in [-0.15, -0.1) is 0 Å². The zero-order valence-corrected chi connectivity index (χ0v) is 61.5. The van der Waals surface area contributed by atoms with Gasteiger partial charge in [0.2, 0.25) is 0 Å². The highest BCUT2D eigenvalue weighted by atomic mass is 16.3. The van der Waals surface area contributed by atoms with E-state index in [1.807, 2.05) is 91.0 Å². The predicted molar refractivity (Wildman–Crippen MR) is 465 cm³/mol. The third-order valence-corrected chi connectivity index (χ3v) is 22.7. The summed E-state index contributed by atoms with van der Waals surface area (Å²) in [6, 6.07) is 48.3. The molecule has 0 N–H and O–H groups in total. The smallest absolute Gasteiger partial charge is 0.252 e. The lowest BCUT2D eigenvalue weighted by Gasteiger charge is -2.44. The van der Waals surface area contributed by atoms with Gasteiger partial charge in [0.05, 0.1) is 84.6 Å². The SMILES string of the molecule is [2H]c1c([2H])c([2H])c(-c2ccc3c(c2)B2c4ccc(-n5c6c([2H])c([2H])c([2H])c([2H])c6c6c([2H])c([2H])c([2H])c([2H])c65)cc4N(c4cccc5c4oc4c(-n6c7ccc(C(C)(C)C)cc7c7cc(C(C)(C)C)ccc76)cccc45)c4cc(-c5cccc(C(C)(C)C)c5)cc(c42)N3c2cccc3c2oc2c(-n4c5c([2H])c([2H])c([2H])c([2H])c5c5c([2H])c([2H])c([2H])c([2H])c54)cccc23)c([2H])c1[2H]. The van der Waals surface area contributed by atoms with Gasteiger partial charge in [0, 0.05) is 82.3 Å². The van der Waals surface area contributed by atoms with Gasteiger partial charge in [0.25, 0.3) is 6.71 Å². The molecule has 20 aromatic rings. The average Bonchev–Trinajstić information content (AvgIpc) is 1.68. The van der Waals surface area contributed by atoms with E-state index >= 15 is 0 Å². The van der Waals surface area contributed by atoms with E-state index in [-0.39, 0.29) is 93.5 Å². The number of para-hydroxylation sites is 8. The molecular formula is C102H78BN5O2. The summed E-state index contributed by atoms with van der Waals surface area (Å²) in [6.07, 6.45) is 0. The van der Waals surface area contributed by atoms with Crippen LogP contribution in [0, 0.1) is 0 Å². The van der Waals surface area contributed by atoms with Crippen LogP contribution in [0.3, 0.4) is 0 Å².